The Morgan fingerprint density at radius 1 is 1.10 bits per heavy atom. The number of oxazole rings is 1. The standard InChI is InChI=1S/C18H26N2O/c1-15(2)13-19-12-6-9-18-20-14-17(21-18)11-10-16-7-4-3-5-8-16/h3-5,7-8,14-15,19H,6,9-13H2,1-2H3. The van der Waals surface area contributed by atoms with Crippen LogP contribution in [0.3, 0.4) is 0 Å². The van der Waals surface area contributed by atoms with Crippen molar-refractivity contribution >= 4 is 0 Å². The van der Waals surface area contributed by atoms with Crippen molar-refractivity contribution in [3.63, 3.8) is 0 Å². The summed E-state index contributed by atoms with van der Waals surface area (Å²) in [4.78, 5) is 4.37. The molecule has 0 aliphatic rings. The van der Waals surface area contributed by atoms with Gasteiger partial charge >= 0.3 is 0 Å². The SMILES string of the molecule is CC(C)CNCCCc1ncc(CCc2ccccc2)o1. The Morgan fingerprint density at radius 2 is 1.90 bits per heavy atom. The summed E-state index contributed by atoms with van der Waals surface area (Å²) in [6.45, 7) is 6.55. The lowest BCUT2D eigenvalue weighted by atomic mass is 10.1. The Hall–Kier alpha value is -1.61. The fourth-order valence-electron chi connectivity index (χ4n) is 2.25. The topological polar surface area (TPSA) is 38.1 Å². The predicted molar refractivity (Wildman–Crippen MR) is 86.4 cm³/mol. The van der Waals surface area contributed by atoms with E-state index in [0.29, 0.717) is 5.92 Å². The summed E-state index contributed by atoms with van der Waals surface area (Å²) in [5.41, 5.74) is 1.34. The highest BCUT2D eigenvalue weighted by atomic mass is 16.4. The molecule has 3 heteroatoms. The zero-order valence-corrected chi connectivity index (χ0v) is 13.1. The molecule has 0 bridgehead atoms. The van der Waals surface area contributed by atoms with E-state index in [1.165, 1.54) is 5.56 Å². The summed E-state index contributed by atoms with van der Waals surface area (Å²) in [6.07, 6.45) is 5.79. The number of aromatic nitrogens is 1. The molecule has 0 radical (unpaired) electrons. The van der Waals surface area contributed by atoms with Crippen molar-refractivity contribution in [2.24, 2.45) is 5.92 Å². The second kappa shape index (κ2) is 8.63. The van der Waals surface area contributed by atoms with E-state index in [0.717, 1.165) is 50.4 Å². The van der Waals surface area contributed by atoms with Crippen LogP contribution >= 0.6 is 0 Å². The maximum absolute atomic E-state index is 5.79. The molecule has 0 amide bonds. The van der Waals surface area contributed by atoms with Crippen LogP contribution < -0.4 is 5.32 Å². The minimum Gasteiger partial charge on any atom is -0.446 e. The van der Waals surface area contributed by atoms with Crippen LogP contribution in [0.5, 0.6) is 0 Å². The van der Waals surface area contributed by atoms with E-state index in [4.69, 9.17) is 4.42 Å². The molecule has 3 nitrogen and oxygen atoms in total. The molecule has 1 heterocycles. The molecule has 1 N–H and O–H groups in total. The first-order chi connectivity index (χ1) is 10.2. The van der Waals surface area contributed by atoms with Gasteiger partial charge in [-0.1, -0.05) is 44.2 Å². The van der Waals surface area contributed by atoms with E-state index in [2.05, 4.69) is 48.4 Å². The molecule has 1 aromatic heterocycles. The van der Waals surface area contributed by atoms with E-state index in [-0.39, 0.29) is 0 Å². The third kappa shape index (κ3) is 6.13. The van der Waals surface area contributed by atoms with Gasteiger partial charge in [-0.25, -0.2) is 4.98 Å². The van der Waals surface area contributed by atoms with Gasteiger partial charge in [0.25, 0.3) is 0 Å². The van der Waals surface area contributed by atoms with Crippen LogP contribution in [0.2, 0.25) is 0 Å². The van der Waals surface area contributed by atoms with Gasteiger partial charge in [0.1, 0.15) is 5.76 Å². The molecular formula is C18H26N2O. The molecule has 0 saturated heterocycles. The largest absolute Gasteiger partial charge is 0.446 e. The Labute approximate surface area is 127 Å². The lowest BCUT2D eigenvalue weighted by Gasteiger charge is -2.05. The summed E-state index contributed by atoms with van der Waals surface area (Å²) in [5, 5.41) is 3.44. The van der Waals surface area contributed by atoms with E-state index < -0.39 is 0 Å². The lowest BCUT2D eigenvalue weighted by molar-refractivity contribution is 0.443. The van der Waals surface area contributed by atoms with Gasteiger partial charge in [-0.2, -0.15) is 0 Å². The smallest absolute Gasteiger partial charge is 0.194 e. The first-order valence-corrected chi connectivity index (χ1v) is 7.92. The van der Waals surface area contributed by atoms with Crippen LogP contribution in [0, 0.1) is 5.92 Å². The molecule has 0 unspecified atom stereocenters. The lowest BCUT2D eigenvalue weighted by Crippen LogP contribution is -2.21. The van der Waals surface area contributed by atoms with E-state index in [9.17, 15) is 0 Å². The summed E-state index contributed by atoms with van der Waals surface area (Å²) in [6, 6.07) is 10.5. The van der Waals surface area contributed by atoms with Gasteiger partial charge in [0.05, 0.1) is 6.20 Å². The maximum Gasteiger partial charge on any atom is 0.194 e. The average Bonchev–Trinajstić information content (AvgIpc) is 2.93. The molecule has 21 heavy (non-hydrogen) atoms. The summed E-state index contributed by atoms with van der Waals surface area (Å²) in [5.74, 6) is 2.56. The van der Waals surface area contributed by atoms with Gasteiger partial charge in [0.15, 0.2) is 5.89 Å². The molecule has 0 saturated carbocycles. The van der Waals surface area contributed by atoms with Crippen LogP contribution in [0.4, 0.5) is 0 Å². The van der Waals surface area contributed by atoms with Crippen molar-refractivity contribution in [1.82, 2.24) is 10.3 Å². The van der Waals surface area contributed by atoms with E-state index >= 15 is 0 Å². The van der Waals surface area contributed by atoms with Crippen molar-refractivity contribution in [3.8, 4) is 0 Å². The zero-order chi connectivity index (χ0) is 14.9. The minimum atomic E-state index is 0.705. The molecule has 2 aromatic rings. The Morgan fingerprint density at radius 3 is 2.67 bits per heavy atom. The Balaban J connectivity index is 1.67. The molecule has 2 rings (SSSR count). The molecule has 0 aliphatic carbocycles. The number of benzene rings is 1. The number of hydrogen-bond acceptors (Lipinski definition) is 3. The normalized spacial score (nSPS) is 11.2. The van der Waals surface area contributed by atoms with Gasteiger partial charge in [0.2, 0.25) is 0 Å². The van der Waals surface area contributed by atoms with Crippen LogP contribution in [-0.2, 0) is 19.3 Å². The van der Waals surface area contributed by atoms with Crippen LogP contribution in [0.25, 0.3) is 0 Å². The highest BCUT2D eigenvalue weighted by Crippen LogP contribution is 2.10. The monoisotopic (exact) mass is 286 g/mol. The van der Waals surface area contributed by atoms with E-state index in [1.54, 1.807) is 0 Å². The van der Waals surface area contributed by atoms with Crippen LogP contribution in [0.15, 0.2) is 40.9 Å². The highest BCUT2D eigenvalue weighted by Gasteiger charge is 2.04. The zero-order valence-electron chi connectivity index (χ0n) is 13.1. The third-order valence-corrected chi connectivity index (χ3v) is 3.40. The second-order valence-corrected chi connectivity index (χ2v) is 5.91. The molecular weight excluding hydrogens is 260 g/mol. The summed E-state index contributed by atoms with van der Waals surface area (Å²) < 4.78 is 5.79. The first-order valence-electron chi connectivity index (χ1n) is 7.92. The number of rotatable bonds is 9. The van der Waals surface area contributed by atoms with Crippen molar-refractivity contribution in [3.05, 3.63) is 53.7 Å². The van der Waals surface area contributed by atoms with Crippen LogP contribution in [-0.4, -0.2) is 18.1 Å². The molecule has 114 valence electrons. The maximum atomic E-state index is 5.79. The molecule has 1 aromatic carbocycles. The fourth-order valence-corrected chi connectivity index (χ4v) is 2.25. The Bertz CT molecular complexity index is 505. The third-order valence-electron chi connectivity index (χ3n) is 3.40. The van der Waals surface area contributed by atoms with E-state index in [1.807, 2.05) is 12.3 Å². The summed E-state index contributed by atoms with van der Waals surface area (Å²) >= 11 is 0. The van der Waals surface area contributed by atoms with Crippen molar-refractivity contribution in [2.45, 2.75) is 39.5 Å². The minimum absolute atomic E-state index is 0.705. The quantitative estimate of drug-likeness (QED) is 0.715. The predicted octanol–water partition coefficient (Wildman–Crippen LogP) is 3.64. The van der Waals surface area contributed by atoms with Gasteiger partial charge in [-0.05, 0) is 37.4 Å². The van der Waals surface area contributed by atoms with Gasteiger partial charge in [-0.15, -0.1) is 0 Å². The van der Waals surface area contributed by atoms with Crippen molar-refractivity contribution in [1.29, 1.82) is 0 Å². The second-order valence-electron chi connectivity index (χ2n) is 5.91. The van der Waals surface area contributed by atoms with Crippen LogP contribution in [0.1, 0.15) is 37.5 Å². The number of aryl methyl sites for hydroxylation is 3. The summed E-state index contributed by atoms with van der Waals surface area (Å²) in [7, 11) is 0. The average molecular weight is 286 g/mol. The number of hydrogen-bond donors (Lipinski definition) is 1. The number of nitrogens with one attached hydrogen (secondary N) is 1. The highest BCUT2D eigenvalue weighted by molar-refractivity contribution is 5.15. The van der Waals surface area contributed by atoms with Gasteiger partial charge in [-0.3, -0.25) is 0 Å². The molecule has 0 spiro atoms. The van der Waals surface area contributed by atoms with Gasteiger partial charge < -0.3 is 9.73 Å². The molecule has 0 atom stereocenters. The van der Waals surface area contributed by atoms with Crippen molar-refractivity contribution < 1.29 is 4.42 Å². The van der Waals surface area contributed by atoms with Crippen molar-refractivity contribution in [2.75, 3.05) is 13.1 Å². The first kappa shape index (κ1) is 15.8. The molecule has 0 aliphatic heterocycles. The number of nitrogens with zero attached hydrogens (tertiary/aromatic N) is 1. The molecule has 0 fully saturated rings. The Kier molecular flexibility index (Phi) is 6.48. The fraction of sp³-hybridized carbons (Fsp3) is 0.500. The van der Waals surface area contributed by atoms with Gasteiger partial charge in [0, 0.05) is 12.8 Å².